The molecule has 8 heteroatoms. The summed E-state index contributed by atoms with van der Waals surface area (Å²) in [6.45, 7) is 0.176. The van der Waals surface area contributed by atoms with Crippen molar-refractivity contribution in [2.24, 2.45) is 0 Å². The Labute approximate surface area is 131 Å². The highest BCUT2D eigenvalue weighted by Gasteiger charge is 2.19. The van der Waals surface area contributed by atoms with E-state index in [0.717, 1.165) is 0 Å². The van der Waals surface area contributed by atoms with Crippen LogP contribution < -0.4 is 10.6 Å². The van der Waals surface area contributed by atoms with E-state index in [-0.39, 0.29) is 24.8 Å². The zero-order valence-electron chi connectivity index (χ0n) is 11.6. The van der Waals surface area contributed by atoms with Crippen molar-refractivity contribution in [3.05, 3.63) is 22.4 Å². The van der Waals surface area contributed by atoms with E-state index in [9.17, 15) is 14.4 Å². The predicted octanol–water partition coefficient (Wildman–Crippen LogP) is 1.19. The average molecular weight is 330 g/mol. The third-order valence-corrected chi connectivity index (χ3v) is 3.99. The van der Waals surface area contributed by atoms with Gasteiger partial charge in [0.05, 0.1) is 0 Å². The molecule has 0 aliphatic heterocycles. The number of aliphatic carboxylic acids is 1. The summed E-state index contributed by atoms with van der Waals surface area (Å²) in [7, 11) is 0. The van der Waals surface area contributed by atoms with Gasteiger partial charge in [0.1, 0.15) is 6.04 Å². The van der Waals surface area contributed by atoms with E-state index in [1.165, 1.54) is 23.1 Å². The highest BCUT2D eigenvalue weighted by atomic mass is 32.2. The minimum absolute atomic E-state index is 0.0545. The van der Waals surface area contributed by atoms with Crippen LogP contribution in [0, 0.1) is 0 Å². The molecule has 1 aromatic heterocycles. The molecular formula is C13H18N2O4S2. The summed E-state index contributed by atoms with van der Waals surface area (Å²) in [5.74, 6) is -0.998. The zero-order chi connectivity index (χ0) is 15.7. The second kappa shape index (κ2) is 9.41. The highest BCUT2D eigenvalue weighted by Crippen LogP contribution is 2.05. The van der Waals surface area contributed by atoms with Gasteiger partial charge in [-0.15, -0.1) is 0 Å². The van der Waals surface area contributed by atoms with Gasteiger partial charge in [-0.25, -0.2) is 4.79 Å². The number of nitrogens with one attached hydrogen (secondary N) is 2. The van der Waals surface area contributed by atoms with Crippen molar-refractivity contribution in [1.82, 2.24) is 10.6 Å². The number of amides is 2. The second-order valence-electron chi connectivity index (χ2n) is 4.26. The van der Waals surface area contributed by atoms with Crippen molar-refractivity contribution < 1.29 is 19.5 Å². The van der Waals surface area contributed by atoms with Gasteiger partial charge in [0.25, 0.3) is 5.91 Å². The maximum Gasteiger partial charge on any atom is 0.326 e. The Morgan fingerprint density at radius 2 is 2.19 bits per heavy atom. The largest absolute Gasteiger partial charge is 0.480 e. The van der Waals surface area contributed by atoms with Crippen LogP contribution in [0.4, 0.5) is 0 Å². The van der Waals surface area contributed by atoms with Crippen LogP contribution in [0.1, 0.15) is 23.2 Å². The highest BCUT2D eigenvalue weighted by molar-refractivity contribution is 7.98. The molecule has 116 valence electrons. The topological polar surface area (TPSA) is 95.5 Å². The Balaban J connectivity index is 2.29. The first-order valence-corrected chi connectivity index (χ1v) is 8.69. The summed E-state index contributed by atoms with van der Waals surface area (Å²) in [5, 5.41) is 17.6. The number of hydrogen-bond donors (Lipinski definition) is 3. The fourth-order valence-corrected chi connectivity index (χ4v) is 2.65. The average Bonchev–Trinajstić information content (AvgIpc) is 2.97. The number of carboxylic acids is 1. The van der Waals surface area contributed by atoms with Gasteiger partial charge in [0.15, 0.2) is 0 Å². The first kappa shape index (κ1) is 17.5. The van der Waals surface area contributed by atoms with Gasteiger partial charge in [-0.05, 0) is 29.9 Å². The van der Waals surface area contributed by atoms with Crippen molar-refractivity contribution >= 4 is 40.9 Å². The third kappa shape index (κ3) is 6.63. The Kier molecular flexibility index (Phi) is 7.84. The normalized spacial score (nSPS) is 11.7. The van der Waals surface area contributed by atoms with Crippen LogP contribution in [0.15, 0.2) is 16.8 Å². The summed E-state index contributed by atoms with van der Waals surface area (Å²) in [5.41, 5.74) is 0.559. The first-order chi connectivity index (χ1) is 10.0. The van der Waals surface area contributed by atoms with Crippen molar-refractivity contribution in [1.29, 1.82) is 0 Å². The number of hydrogen-bond acceptors (Lipinski definition) is 5. The van der Waals surface area contributed by atoms with E-state index in [4.69, 9.17) is 5.11 Å². The fraction of sp³-hybridized carbons (Fsp3) is 0.462. The Morgan fingerprint density at radius 1 is 1.43 bits per heavy atom. The summed E-state index contributed by atoms with van der Waals surface area (Å²) in [6, 6.07) is 0.820. The lowest BCUT2D eigenvalue weighted by atomic mass is 10.2. The lowest BCUT2D eigenvalue weighted by Crippen LogP contribution is -2.42. The van der Waals surface area contributed by atoms with Gasteiger partial charge in [0.2, 0.25) is 5.91 Å². The number of carbonyl (C=O) groups excluding carboxylic acids is 2. The number of carboxylic acid groups (broad SMARTS) is 1. The molecule has 0 fully saturated rings. The quantitative estimate of drug-likeness (QED) is 0.632. The molecule has 0 bridgehead atoms. The molecule has 0 aliphatic rings. The molecule has 0 radical (unpaired) electrons. The summed E-state index contributed by atoms with van der Waals surface area (Å²) in [6.07, 6.45) is 2.31. The van der Waals surface area contributed by atoms with Gasteiger partial charge < -0.3 is 15.7 Å². The lowest BCUT2D eigenvalue weighted by molar-refractivity contribution is -0.141. The van der Waals surface area contributed by atoms with Gasteiger partial charge >= 0.3 is 5.97 Å². The SMILES string of the molecule is CSCC[C@@H](NC(=O)CCNC(=O)c1ccsc1)C(=O)O. The van der Waals surface area contributed by atoms with Gasteiger partial charge in [0, 0.05) is 23.9 Å². The Hall–Kier alpha value is -1.54. The molecule has 2 amide bonds. The van der Waals surface area contributed by atoms with Crippen LogP contribution in [0.25, 0.3) is 0 Å². The second-order valence-corrected chi connectivity index (χ2v) is 6.02. The standard InChI is InChI=1S/C13H18N2O4S2/c1-20-6-4-10(13(18)19)15-11(16)2-5-14-12(17)9-3-7-21-8-9/h3,7-8,10H,2,4-6H2,1H3,(H,14,17)(H,15,16)(H,18,19)/t10-/m1/s1. The molecular weight excluding hydrogens is 312 g/mol. The number of carbonyl (C=O) groups is 3. The van der Waals surface area contributed by atoms with E-state index < -0.39 is 12.0 Å². The Morgan fingerprint density at radius 3 is 2.76 bits per heavy atom. The Bertz CT molecular complexity index is 477. The maximum absolute atomic E-state index is 11.7. The predicted molar refractivity (Wildman–Crippen MR) is 83.8 cm³/mol. The summed E-state index contributed by atoms with van der Waals surface area (Å²) < 4.78 is 0. The molecule has 0 aliphatic carbocycles. The van der Waals surface area contributed by atoms with Crippen molar-refractivity contribution in [2.45, 2.75) is 18.9 Å². The summed E-state index contributed by atoms with van der Waals surface area (Å²) in [4.78, 5) is 34.3. The van der Waals surface area contributed by atoms with E-state index in [0.29, 0.717) is 17.7 Å². The number of thioether (sulfide) groups is 1. The van der Waals surface area contributed by atoms with Crippen LogP contribution in [0.2, 0.25) is 0 Å². The van der Waals surface area contributed by atoms with Gasteiger partial charge in [-0.3, -0.25) is 9.59 Å². The minimum atomic E-state index is -1.04. The molecule has 1 aromatic rings. The maximum atomic E-state index is 11.7. The van der Waals surface area contributed by atoms with Crippen molar-refractivity contribution in [3.63, 3.8) is 0 Å². The van der Waals surface area contributed by atoms with Crippen LogP contribution in [0.5, 0.6) is 0 Å². The van der Waals surface area contributed by atoms with Crippen molar-refractivity contribution in [3.8, 4) is 0 Å². The van der Waals surface area contributed by atoms with Crippen molar-refractivity contribution in [2.75, 3.05) is 18.6 Å². The number of thiophene rings is 1. The van der Waals surface area contributed by atoms with E-state index >= 15 is 0 Å². The molecule has 1 atom stereocenters. The first-order valence-electron chi connectivity index (χ1n) is 6.36. The molecule has 1 rings (SSSR count). The number of rotatable bonds is 9. The fourth-order valence-electron chi connectivity index (χ4n) is 1.54. The molecule has 0 saturated heterocycles. The molecule has 1 heterocycles. The molecule has 0 spiro atoms. The molecule has 6 nitrogen and oxygen atoms in total. The van der Waals surface area contributed by atoms with Gasteiger partial charge in [-0.1, -0.05) is 0 Å². The van der Waals surface area contributed by atoms with Gasteiger partial charge in [-0.2, -0.15) is 23.1 Å². The smallest absolute Gasteiger partial charge is 0.326 e. The molecule has 0 aromatic carbocycles. The van der Waals surface area contributed by atoms with Crippen LogP contribution in [-0.2, 0) is 9.59 Å². The molecule has 0 saturated carbocycles. The monoisotopic (exact) mass is 330 g/mol. The van der Waals surface area contributed by atoms with E-state index in [1.807, 2.05) is 6.26 Å². The third-order valence-electron chi connectivity index (χ3n) is 2.66. The van der Waals surface area contributed by atoms with E-state index in [1.54, 1.807) is 16.8 Å². The minimum Gasteiger partial charge on any atom is -0.480 e. The molecule has 0 unspecified atom stereocenters. The van der Waals surface area contributed by atoms with E-state index in [2.05, 4.69) is 10.6 Å². The zero-order valence-corrected chi connectivity index (χ0v) is 13.3. The van der Waals surface area contributed by atoms with Crippen LogP contribution in [0.3, 0.4) is 0 Å². The lowest BCUT2D eigenvalue weighted by Gasteiger charge is -2.14. The summed E-state index contributed by atoms with van der Waals surface area (Å²) >= 11 is 2.94. The van der Waals surface area contributed by atoms with Crippen LogP contribution >= 0.6 is 23.1 Å². The molecule has 21 heavy (non-hydrogen) atoms. The molecule has 3 N–H and O–H groups in total. The van der Waals surface area contributed by atoms with Crippen LogP contribution in [-0.4, -0.2) is 47.5 Å².